The Kier molecular flexibility index (Phi) is 4.22. The van der Waals surface area contributed by atoms with Crippen LogP contribution in [-0.2, 0) is 0 Å². The topological polar surface area (TPSA) is 85.8 Å². The van der Waals surface area contributed by atoms with Crippen molar-refractivity contribution in [3.63, 3.8) is 0 Å². The maximum atomic E-state index is 12.9. The van der Waals surface area contributed by atoms with E-state index in [1.807, 2.05) is 67.5 Å². The summed E-state index contributed by atoms with van der Waals surface area (Å²) in [5.74, 6) is -0.662. The lowest BCUT2D eigenvalue weighted by atomic mass is 10.0. The number of hydrogen-bond donors (Lipinski definition) is 3. The molecule has 0 unspecified atom stereocenters. The highest BCUT2D eigenvalue weighted by Gasteiger charge is 2.32. The largest absolute Gasteiger partial charge is 0.508 e. The fourth-order valence-electron chi connectivity index (χ4n) is 3.88. The second kappa shape index (κ2) is 6.95. The van der Waals surface area contributed by atoms with Crippen molar-refractivity contribution in [2.75, 3.05) is 19.0 Å². The summed E-state index contributed by atoms with van der Waals surface area (Å²) in [6, 6.07) is 18.4. The molecule has 1 aliphatic rings. The zero-order valence-electron chi connectivity index (χ0n) is 17.0. The average molecular weight is 412 g/mol. The van der Waals surface area contributed by atoms with Crippen molar-refractivity contribution < 1.29 is 19.7 Å². The van der Waals surface area contributed by atoms with E-state index in [1.54, 1.807) is 6.08 Å². The van der Waals surface area contributed by atoms with E-state index in [2.05, 4.69) is 4.98 Å². The van der Waals surface area contributed by atoms with Gasteiger partial charge in [-0.1, -0.05) is 30.3 Å². The number of H-pyrrole nitrogens is 1. The molecular formula is C25H20N2O4. The van der Waals surface area contributed by atoms with E-state index >= 15 is 0 Å². The third-order valence-electron chi connectivity index (χ3n) is 5.43. The minimum Gasteiger partial charge on any atom is -0.508 e. The first-order valence-corrected chi connectivity index (χ1v) is 9.81. The molecule has 0 spiro atoms. The van der Waals surface area contributed by atoms with Crippen molar-refractivity contribution in [3.05, 3.63) is 77.5 Å². The van der Waals surface area contributed by atoms with Gasteiger partial charge in [-0.15, -0.1) is 0 Å². The standard InChI is InChI=1S/C25H20N2O4/c1-27(2)15-9-7-14(8-10-15)24-18(17-5-3-4-6-19(17)26-24)13-22-25(30)23-20(29)11-16(28)12-21(23)31-22/h3-13,26,28-29H,1-2H3/b22-13-. The molecule has 31 heavy (non-hydrogen) atoms. The molecule has 0 radical (unpaired) electrons. The summed E-state index contributed by atoms with van der Waals surface area (Å²) >= 11 is 0. The number of carbonyl (C=O) groups is 1. The van der Waals surface area contributed by atoms with Gasteiger partial charge in [-0.3, -0.25) is 4.79 Å². The van der Waals surface area contributed by atoms with E-state index < -0.39 is 5.78 Å². The molecule has 0 saturated carbocycles. The molecule has 0 atom stereocenters. The highest BCUT2D eigenvalue weighted by Crippen LogP contribution is 2.42. The van der Waals surface area contributed by atoms with E-state index in [4.69, 9.17) is 4.74 Å². The van der Waals surface area contributed by atoms with Crippen LogP contribution in [-0.4, -0.2) is 35.1 Å². The number of hydrogen-bond acceptors (Lipinski definition) is 5. The van der Waals surface area contributed by atoms with Crippen molar-refractivity contribution in [3.8, 4) is 28.5 Å². The maximum absolute atomic E-state index is 12.9. The summed E-state index contributed by atoms with van der Waals surface area (Å²) in [7, 11) is 3.98. The van der Waals surface area contributed by atoms with Crippen LogP contribution >= 0.6 is 0 Å². The molecule has 0 saturated heterocycles. The Morgan fingerprint density at radius 1 is 1.00 bits per heavy atom. The van der Waals surface area contributed by atoms with Crippen molar-refractivity contribution >= 4 is 28.4 Å². The van der Waals surface area contributed by atoms with E-state index in [-0.39, 0.29) is 28.6 Å². The molecule has 0 fully saturated rings. The van der Waals surface area contributed by atoms with Gasteiger partial charge in [-0.2, -0.15) is 0 Å². The van der Waals surface area contributed by atoms with Gasteiger partial charge in [-0.05, 0) is 29.8 Å². The van der Waals surface area contributed by atoms with Crippen molar-refractivity contribution in [1.29, 1.82) is 0 Å². The molecule has 3 aromatic carbocycles. The maximum Gasteiger partial charge on any atom is 0.235 e. The van der Waals surface area contributed by atoms with Gasteiger partial charge in [0.05, 0.1) is 5.69 Å². The second-order valence-electron chi connectivity index (χ2n) is 7.68. The lowest BCUT2D eigenvalue weighted by Crippen LogP contribution is -2.07. The molecular weight excluding hydrogens is 392 g/mol. The number of aromatic hydroxyl groups is 2. The lowest BCUT2D eigenvalue weighted by Gasteiger charge is -2.12. The number of benzene rings is 3. The monoisotopic (exact) mass is 412 g/mol. The third kappa shape index (κ3) is 3.09. The van der Waals surface area contributed by atoms with Crippen LogP contribution in [0.3, 0.4) is 0 Å². The number of phenolic OH excluding ortho intramolecular Hbond substituents is 2. The van der Waals surface area contributed by atoms with Gasteiger partial charge in [0.1, 0.15) is 22.8 Å². The molecule has 154 valence electrons. The predicted octanol–water partition coefficient (Wildman–Crippen LogP) is 4.93. The zero-order chi connectivity index (χ0) is 21.7. The molecule has 1 aromatic heterocycles. The highest BCUT2D eigenvalue weighted by molar-refractivity contribution is 6.17. The number of aromatic amines is 1. The van der Waals surface area contributed by atoms with Crippen LogP contribution in [0.4, 0.5) is 5.69 Å². The number of fused-ring (bicyclic) bond motifs is 2. The summed E-state index contributed by atoms with van der Waals surface area (Å²) in [6.45, 7) is 0. The summed E-state index contributed by atoms with van der Waals surface area (Å²) < 4.78 is 5.72. The Morgan fingerprint density at radius 3 is 2.48 bits per heavy atom. The van der Waals surface area contributed by atoms with Crippen molar-refractivity contribution in [1.82, 2.24) is 4.98 Å². The van der Waals surface area contributed by atoms with E-state index in [9.17, 15) is 15.0 Å². The van der Waals surface area contributed by atoms with Gasteiger partial charge in [0.25, 0.3) is 0 Å². The molecule has 2 heterocycles. The van der Waals surface area contributed by atoms with Crippen LogP contribution in [0, 0.1) is 0 Å². The number of ketones is 1. The third-order valence-corrected chi connectivity index (χ3v) is 5.43. The van der Waals surface area contributed by atoms with Crippen molar-refractivity contribution in [2.45, 2.75) is 0 Å². The Balaban J connectivity index is 1.66. The average Bonchev–Trinajstić information content (AvgIpc) is 3.26. The molecule has 6 heteroatoms. The summed E-state index contributed by atoms with van der Waals surface area (Å²) in [5, 5.41) is 20.8. The van der Waals surface area contributed by atoms with Crippen molar-refractivity contribution in [2.24, 2.45) is 0 Å². The number of ether oxygens (including phenoxy) is 1. The van der Waals surface area contributed by atoms with E-state index in [0.29, 0.717) is 0 Å². The van der Waals surface area contributed by atoms with Gasteiger partial charge >= 0.3 is 0 Å². The Labute approximate surface area is 178 Å². The molecule has 1 aliphatic heterocycles. The zero-order valence-corrected chi connectivity index (χ0v) is 17.0. The number of nitrogens with one attached hydrogen (secondary N) is 1. The Bertz CT molecular complexity index is 1360. The number of para-hydroxylation sites is 1. The number of nitrogens with zero attached hydrogens (tertiary/aromatic N) is 1. The van der Waals surface area contributed by atoms with Gasteiger partial charge in [-0.25, -0.2) is 0 Å². The second-order valence-corrected chi connectivity index (χ2v) is 7.68. The van der Waals surface area contributed by atoms with Gasteiger partial charge < -0.3 is 24.8 Å². The Hall–Kier alpha value is -4.19. The van der Waals surface area contributed by atoms with Gasteiger partial charge in [0.15, 0.2) is 5.76 Å². The normalized spacial score (nSPS) is 14.1. The van der Waals surface area contributed by atoms with Crippen LogP contribution in [0.1, 0.15) is 15.9 Å². The molecule has 6 nitrogen and oxygen atoms in total. The first-order valence-electron chi connectivity index (χ1n) is 9.81. The fourth-order valence-corrected chi connectivity index (χ4v) is 3.88. The lowest BCUT2D eigenvalue weighted by molar-refractivity contribution is 0.101. The van der Waals surface area contributed by atoms with E-state index in [1.165, 1.54) is 6.07 Å². The molecule has 0 amide bonds. The molecule has 4 aromatic rings. The number of rotatable bonds is 3. The number of allylic oxidation sites excluding steroid dienone is 1. The quantitative estimate of drug-likeness (QED) is 0.416. The van der Waals surface area contributed by atoms with Crippen LogP contribution < -0.4 is 9.64 Å². The number of phenols is 2. The van der Waals surface area contributed by atoms with E-state index in [0.717, 1.165) is 39.5 Å². The number of Topliss-reactive ketones (excluding diaryl/α,β-unsaturated/α-hetero) is 1. The number of anilines is 1. The highest BCUT2D eigenvalue weighted by atomic mass is 16.5. The van der Waals surface area contributed by atoms with Gasteiger partial charge in [0.2, 0.25) is 5.78 Å². The molecule has 0 aliphatic carbocycles. The number of aromatic nitrogens is 1. The van der Waals surface area contributed by atoms with Crippen LogP contribution in [0.15, 0.2) is 66.4 Å². The van der Waals surface area contributed by atoms with Crippen LogP contribution in [0.2, 0.25) is 0 Å². The fraction of sp³-hybridized carbons (Fsp3) is 0.0800. The SMILES string of the molecule is CN(C)c1ccc(-c2[nH]c3ccccc3c2/C=C2\Oc3cc(O)cc(O)c3C2=O)cc1. The van der Waals surface area contributed by atoms with Crippen LogP contribution in [0.25, 0.3) is 28.2 Å². The first kappa shape index (κ1) is 18.8. The number of carbonyl (C=O) groups excluding carboxylic acids is 1. The smallest absolute Gasteiger partial charge is 0.235 e. The van der Waals surface area contributed by atoms with Crippen LogP contribution in [0.5, 0.6) is 17.2 Å². The summed E-state index contributed by atoms with van der Waals surface area (Å²) in [5.41, 5.74) is 4.72. The predicted molar refractivity (Wildman–Crippen MR) is 121 cm³/mol. The summed E-state index contributed by atoms with van der Waals surface area (Å²) in [6.07, 6.45) is 1.69. The minimum absolute atomic E-state index is 0.0563. The molecule has 0 bridgehead atoms. The first-order chi connectivity index (χ1) is 14.9. The Morgan fingerprint density at radius 2 is 1.74 bits per heavy atom. The van der Waals surface area contributed by atoms with Gasteiger partial charge in [0, 0.05) is 48.4 Å². The molecule has 5 rings (SSSR count). The molecule has 3 N–H and O–H groups in total. The minimum atomic E-state index is -0.424. The summed E-state index contributed by atoms with van der Waals surface area (Å²) in [4.78, 5) is 18.4.